The highest BCUT2D eigenvalue weighted by atomic mass is 16.2. The molecule has 164 valence electrons. The molecule has 0 saturated carbocycles. The molecule has 1 aliphatic rings. The van der Waals surface area contributed by atoms with Crippen molar-refractivity contribution in [3.05, 3.63) is 36.4 Å². The molecule has 4 rings (SSSR count). The first kappa shape index (κ1) is 21.0. The number of nitrogens with zero attached hydrogens (tertiary/aromatic N) is 6. The van der Waals surface area contributed by atoms with E-state index in [9.17, 15) is 9.59 Å². The Labute approximate surface area is 181 Å². The number of pyridine rings is 1. The molecular formula is C22H29N7O2. The Balaban J connectivity index is 1.36. The number of carbonyl (C=O) groups is 2. The molecule has 9 heteroatoms. The molecule has 0 atom stereocenters. The van der Waals surface area contributed by atoms with Crippen LogP contribution in [0.1, 0.15) is 44.0 Å². The minimum atomic E-state index is -0.108. The van der Waals surface area contributed by atoms with Crippen molar-refractivity contribution in [2.75, 3.05) is 18.4 Å². The molecule has 1 aliphatic heterocycles. The molecule has 4 heterocycles. The predicted molar refractivity (Wildman–Crippen MR) is 118 cm³/mol. The lowest BCUT2D eigenvalue weighted by atomic mass is 9.95. The van der Waals surface area contributed by atoms with E-state index in [1.807, 2.05) is 23.9 Å². The molecule has 1 saturated heterocycles. The Morgan fingerprint density at radius 3 is 2.61 bits per heavy atom. The summed E-state index contributed by atoms with van der Waals surface area (Å²) in [4.78, 5) is 31.8. The van der Waals surface area contributed by atoms with Crippen LogP contribution in [0.5, 0.6) is 0 Å². The summed E-state index contributed by atoms with van der Waals surface area (Å²) < 4.78 is 3.65. The fourth-order valence-electron chi connectivity index (χ4n) is 3.94. The number of hydrogen-bond donors (Lipinski definition) is 1. The molecule has 3 aromatic heterocycles. The molecule has 1 fully saturated rings. The second kappa shape index (κ2) is 8.87. The number of fused-ring (bicyclic) bond motifs is 1. The van der Waals surface area contributed by atoms with Crippen LogP contribution in [0, 0.1) is 11.8 Å². The van der Waals surface area contributed by atoms with Crippen LogP contribution in [0.15, 0.2) is 30.9 Å². The summed E-state index contributed by atoms with van der Waals surface area (Å²) in [6.07, 6.45) is 8.16. The van der Waals surface area contributed by atoms with Crippen LogP contribution in [0.2, 0.25) is 0 Å². The molecule has 0 radical (unpaired) electrons. The Morgan fingerprint density at radius 2 is 1.94 bits per heavy atom. The summed E-state index contributed by atoms with van der Waals surface area (Å²) in [6, 6.07) is 1.86. The van der Waals surface area contributed by atoms with E-state index in [2.05, 4.69) is 34.3 Å². The van der Waals surface area contributed by atoms with Gasteiger partial charge in [0.2, 0.25) is 5.91 Å². The van der Waals surface area contributed by atoms with E-state index in [-0.39, 0.29) is 17.7 Å². The lowest BCUT2D eigenvalue weighted by Gasteiger charge is -2.31. The quantitative estimate of drug-likeness (QED) is 0.657. The molecule has 2 amide bonds. The fraction of sp³-hybridized carbons (Fsp3) is 0.500. The smallest absolute Gasteiger partial charge is 0.255 e. The van der Waals surface area contributed by atoms with Gasteiger partial charge in [0.1, 0.15) is 0 Å². The van der Waals surface area contributed by atoms with Crippen LogP contribution >= 0.6 is 0 Å². The number of aromatic nitrogens is 5. The number of anilines is 1. The zero-order chi connectivity index (χ0) is 22.0. The average Bonchev–Trinajstić information content (AvgIpc) is 3.39. The number of aryl methyl sites for hydroxylation is 1. The summed E-state index contributed by atoms with van der Waals surface area (Å²) >= 11 is 0. The topological polar surface area (TPSA) is 97.9 Å². The van der Waals surface area contributed by atoms with Crippen molar-refractivity contribution in [1.29, 1.82) is 0 Å². The first-order valence-corrected chi connectivity index (χ1v) is 10.9. The van der Waals surface area contributed by atoms with Crippen LogP contribution in [-0.4, -0.2) is 54.3 Å². The zero-order valence-electron chi connectivity index (χ0n) is 18.3. The van der Waals surface area contributed by atoms with Gasteiger partial charge in [0.25, 0.3) is 5.91 Å². The third-order valence-corrected chi connectivity index (χ3v) is 5.64. The minimum Gasteiger partial charge on any atom is -0.339 e. The molecular weight excluding hydrogens is 394 g/mol. The minimum absolute atomic E-state index is 0.0107. The number of carbonyl (C=O) groups excluding carboxylic acids is 2. The maximum atomic E-state index is 13.0. The van der Waals surface area contributed by atoms with Crippen LogP contribution in [0.25, 0.3) is 11.0 Å². The Hall–Kier alpha value is -3.23. The largest absolute Gasteiger partial charge is 0.339 e. The number of nitrogens with one attached hydrogen (secondary N) is 1. The fourth-order valence-corrected chi connectivity index (χ4v) is 3.94. The van der Waals surface area contributed by atoms with Crippen molar-refractivity contribution in [3.63, 3.8) is 0 Å². The van der Waals surface area contributed by atoms with Crippen molar-refractivity contribution in [3.8, 4) is 0 Å². The molecule has 3 aromatic rings. The van der Waals surface area contributed by atoms with E-state index >= 15 is 0 Å². The summed E-state index contributed by atoms with van der Waals surface area (Å²) in [5.41, 5.74) is 2.07. The number of rotatable bonds is 6. The van der Waals surface area contributed by atoms with Gasteiger partial charge in [0.15, 0.2) is 5.65 Å². The van der Waals surface area contributed by atoms with Gasteiger partial charge in [-0.3, -0.25) is 14.3 Å². The SMILES string of the molecule is CCn1cc(NC(=O)C2CCN(C(=O)c3cnc4c(cnn4CC(C)C)c3)CC2)cn1. The molecule has 0 bridgehead atoms. The third kappa shape index (κ3) is 4.60. The first-order valence-electron chi connectivity index (χ1n) is 10.9. The zero-order valence-corrected chi connectivity index (χ0v) is 18.3. The number of likely N-dealkylation sites (tertiary alicyclic amines) is 1. The molecule has 0 unspecified atom stereocenters. The highest BCUT2D eigenvalue weighted by Gasteiger charge is 2.28. The van der Waals surface area contributed by atoms with Gasteiger partial charge in [-0.25, -0.2) is 9.67 Å². The summed E-state index contributed by atoms with van der Waals surface area (Å²) in [7, 11) is 0. The normalized spacial score (nSPS) is 15.0. The molecule has 0 spiro atoms. The van der Waals surface area contributed by atoms with Crippen LogP contribution < -0.4 is 5.32 Å². The maximum absolute atomic E-state index is 13.0. The Bertz CT molecular complexity index is 1080. The van der Waals surface area contributed by atoms with Crippen molar-refractivity contribution < 1.29 is 9.59 Å². The molecule has 31 heavy (non-hydrogen) atoms. The maximum Gasteiger partial charge on any atom is 0.255 e. The van der Waals surface area contributed by atoms with Crippen molar-refractivity contribution in [2.24, 2.45) is 11.8 Å². The molecule has 9 nitrogen and oxygen atoms in total. The van der Waals surface area contributed by atoms with Crippen LogP contribution in [0.3, 0.4) is 0 Å². The number of piperidine rings is 1. The van der Waals surface area contributed by atoms with E-state index in [4.69, 9.17) is 0 Å². The number of hydrogen-bond acceptors (Lipinski definition) is 5. The highest BCUT2D eigenvalue weighted by Crippen LogP contribution is 2.22. The lowest BCUT2D eigenvalue weighted by molar-refractivity contribution is -0.121. The molecule has 0 aromatic carbocycles. The van der Waals surface area contributed by atoms with E-state index in [0.717, 1.165) is 24.1 Å². The van der Waals surface area contributed by atoms with Gasteiger partial charge in [-0.1, -0.05) is 13.8 Å². The van der Waals surface area contributed by atoms with Gasteiger partial charge in [-0.15, -0.1) is 0 Å². The van der Waals surface area contributed by atoms with E-state index in [1.54, 1.807) is 28.2 Å². The highest BCUT2D eigenvalue weighted by molar-refractivity contribution is 5.97. The van der Waals surface area contributed by atoms with Crippen molar-refractivity contribution in [2.45, 2.75) is 46.7 Å². The second-order valence-corrected chi connectivity index (χ2v) is 8.50. The third-order valence-electron chi connectivity index (χ3n) is 5.64. The lowest BCUT2D eigenvalue weighted by Crippen LogP contribution is -2.41. The monoisotopic (exact) mass is 423 g/mol. The second-order valence-electron chi connectivity index (χ2n) is 8.50. The standard InChI is InChI=1S/C22H29N7O2/c1-4-28-14-19(12-24-28)26-21(30)16-5-7-27(8-6-16)22(31)18-9-17-11-25-29(13-15(2)3)20(17)23-10-18/h9-12,14-16H,4-8,13H2,1-3H3,(H,26,30). The summed E-state index contributed by atoms with van der Waals surface area (Å²) in [6.45, 7) is 8.91. The van der Waals surface area contributed by atoms with Gasteiger partial charge in [0, 0.05) is 49.9 Å². The van der Waals surface area contributed by atoms with Gasteiger partial charge < -0.3 is 10.2 Å². The van der Waals surface area contributed by atoms with E-state index < -0.39 is 0 Å². The van der Waals surface area contributed by atoms with Gasteiger partial charge >= 0.3 is 0 Å². The van der Waals surface area contributed by atoms with Gasteiger partial charge in [-0.05, 0) is 31.7 Å². The first-order chi connectivity index (χ1) is 14.9. The summed E-state index contributed by atoms with van der Waals surface area (Å²) in [5.74, 6) is 0.300. The molecule has 1 N–H and O–H groups in total. The van der Waals surface area contributed by atoms with Crippen LogP contribution in [-0.2, 0) is 17.9 Å². The van der Waals surface area contributed by atoms with Crippen molar-refractivity contribution >= 4 is 28.5 Å². The van der Waals surface area contributed by atoms with Gasteiger partial charge in [0.05, 0.1) is 23.6 Å². The van der Waals surface area contributed by atoms with Crippen LogP contribution in [0.4, 0.5) is 5.69 Å². The Kier molecular flexibility index (Phi) is 6.01. The van der Waals surface area contributed by atoms with E-state index in [0.29, 0.717) is 43.1 Å². The number of amides is 2. The van der Waals surface area contributed by atoms with E-state index in [1.165, 1.54) is 0 Å². The molecule has 0 aliphatic carbocycles. The van der Waals surface area contributed by atoms with Crippen molar-refractivity contribution in [1.82, 2.24) is 29.4 Å². The summed E-state index contributed by atoms with van der Waals surface area (Å²) in [5, 5.41) is 12.4. The van der Waals surface area contributed by atoms with Gasteiger partial charge in [-0.2, -0.15) is 10.2 Å². The Morgan fingerprint density at radius 1 is 1.16 bits per heavy atom. The predicted octanol–water partition coefficient (Wildman–Crippen LogP) is 2.79. The average molecular weight is 424 g/mol.